The number of carbonyl (C=O) groups excluding carboxylic acids is 1. The number of likely N-dealkylation sites (tertiary alicyclic amines) is 1. The molecule has 1 saturated carbocycles. The van der Waals surface area contributed by atoms with E-state index in [0.29, 0.717) is 17.7 Å². The molecule has 1 aliphatic carbocycles. The molecule has 170 valence electrons. The van der Waals surface area contributed by atoms with Gasteiger partial charge in [-0.2, -0.15) is 5.10 Å². The van der Waals surface area contributed by atoms with Gasteiger partial charge in [0.1, 0.15) is 5.75 Å². The van der Waals surface area contributed by atoms with Crippen molar-refractivity contribution in [3.8, 4) is 22.7 Å². The highest BCUT2D eigenvalue weighted by molar-refractivity contribution is 5.94. The van der Waals surface area contributed by atoms with Gasteiger partial charge in [0.15, 0.2) is 5.69 Å². The van der Waals surface area contributed by atoms with Gasteiger partial charge >= 0.3 is 0 Å². The van der Waals surface area contributed by atoms with Crippen LogP contribution < -0.4 is 4.74 Å². The Morgan fingerprint density at radius 3 is 2.45 bits per heavy atom. The zero-order valence-electron chi connectivity index (χ0n) is 18.9. The summed E-state index contributed by atoms with van der Waals surface area (Å²) in [7, 11) is 1.66. The molecular weight excluding hydrogens is 414 g/mol. The lowest BCUT2D eigenvalue weighted by Crippen LogP contribution is -2.68. The van der Waals surface area contributed by atoms with Crippen molar-refractivity contribution in [1.82, 2.24) is 14.7 Å². The number of ether oxygens (including phenoxy) is 2. The highest BCUT2D eigenvalue weighted by Crippen LogP contribution is 2.55. The maximum Gasteiger partial charge on any atom is 0.274 e. The first kappa shape index (κ1) is 20.5. The topological polar surface area (TPSA) is 56.6 Å². The van der Waals surface area contributed by atoms with E-state index in [4.69, 9.17) is 14.6 Å². The van der Waals surface area contributed by atoms with E-state index in [1.54, 1.807) is 7.11 Å². The summed E-state index contributed by atoms with van der Waals surface area (Å²) in [6.07, 6.45) is 4.58. The van der Waals surface area contributed by atoms with E-state index in [0.717, 1.165) is 55.3 Å². The lowest BCUT2D eigenvalue weighted by atomic mass is 9.64. The largest absolute Gasteiger partial charge is 0.497 e. The molecule has 3 aromatic rings. The Kier molecular flexibility index (Phi) is 4.98. The van der Waals surface area contributed by atoms with Crippen LogP contribution in [0.1, 0.15) is 36.2 Å². The van der Waals surface area contributed by atoms with E-state index in [9.17, 15) is 4.79 Å². The molecule has 1 spiro atoms. The summed E-state index contributed by atoms with van der Waals surface area (Å²) in [6, 6.07) is 20.2. The second-order valence-corrected chi connectivity index (χ2v) is 9.58. The average molecular weight is 444 g/mol. The first-order valence-electron chi connectivity index (χ1n) is 11.9. The van der Waals surface area contributed by atoms with Crippen LogP contribution >= 0.6 is 0 Å². The number of benzene rings is 2. The minimum atomic E-state index is 0.0495. The number of carbonyl (C=O) groups is 1. The van der Waals surface area contributed by atoms with E-state index in [1.807, 2.05) is 65.3 Å². The smallest absolute Gasteiger partial charge is 0.274 e. The van der Waals surface area contributed by atoms with Crippen LogP contribution in [0.5, 0.6) is 5.75 Å². The number of methoxy groups -OCH3 is 1. The monoisotopic (exact) mass is 443 g/mol. The number of rotatable bonds is 5. The molecule has 0 bridgehead atoms. The van der Waals surface area contributed by atoms with Gasteiger partial charge < -0.3 is 14.4 Å². The van der Waals surface area contributed by atoms with Crippen molar-refractivity contribution >= 4 is 5.91 Å². The van der Waals surface area contributed by atoms with Gasteiger partial charge in [0.2, 0.25) is 0 Å². The maximum atomic E-state index is 13.7. The number of hydrogen-bond acceptors (Lipinski definition) is 4. The first-order valence-corrected chi connectivity index (χ1v) is 11.9. The van der Waals surface area contributed by atoms with Crippen LogP contribution in [0.2, 0.25) is 0 Å². The standard InChI is InChI=1S/C27H29N3O3/c1-32-22-11-9-19(10-12-22)24-17-23(28-30(24)21-5-3-2-4-6-21)26(31)29-18-27(13-15-33-16-14-27)25(29)20-7-8-20/h2-6,9-12,17,20,25H,7-8,13-16,18H2,1H3. The molecule has 2 saturated heterocycles. The number of para-hydroxylation sites is 1. The van der Waals surface area contributed by atoms with Gasteiger partial charge in [-0.25, -0.2) is 4.68 Å². The summed E-state index contributed by atoms with van der Waals surface area (Å²) in [6.45, 7) is 2.46. The Labute approximate surface area is 194 Å². The second kappa shape index (κ2) is 8.03. The second-order valence-electron chi connectivity index (χ2n) is 9.58. The van der Waals surface area contributed by atoms with E-state index < -0.39 is 0 Å². The van der Waals surface area contributed by atoms with Crippen molar-refractivity contribution in [1.29, 1.82) is 0 Å². The third-order valence-electron chi connectivity index (χ3n) is 7.58. The molecule has 2 aliphatic heterocycles. The van der Waals surface area contributed by atoms with Gasteiger partial charge in [-0.05, 0) is 74.1 Å². The molecule has 1 amide bonds. The summed E-state index contributed by atoms with van der Waals surface area (Å²) in [5, 5.41) is 4.82. The molecule has 6 rings (SSSR count). The van der Waals surface area contributed by atoms with E-state index in [1.165, 1.54) is 12.8 Å². The third kappa shape index (κ3) is 3.53. The van der Waals surface area contributed by atoms with Gasteiger partial charge in [-0.1, -0.05) is 18.2 Å². The SMILES string of the molecule is COc1ccc(-c2cc(C(=O)N3CC4(CCOCC4)C3C3CC3)nn2-c2ccccc2)cc1. The Balaban J connectivity index is 1.35. The van der Waals surface area contributed by atoms with Crippen LogP contribution in [-0.4, -0.2) is 53.5 Å². The molecule has 3 heterocycles. The number of aromatic nitrogens is 2. The van der Waals surface area contributed by atoms with Crippen LogP contribution in [0.3, 0.4) is 0 Å². The quantitative estimate of drug-likeness (QED) is 0.579. The van der Waals surface area contributed by atoms with Crippen LogP contribution in [0.15, 0.2) is 60.7 Å². The predicted molar refractivity (Wildman–Crippen MR) is 126 cm³/mol. The normalized spacial score (nSPS) is 21.6. The summed E-state index contributed by atoms with van der Waals surface area (Å²) < 4.78 is 12.8. The highest BCUT2D eigenvalue weighted by Gasteiger charge is 2.59. The first-order chi connectivity index (χ1) is 16.2. The molecule has 6 nitrogen and oxygen atoms in total. The van der Waals surface area contributed by atoms with Crippen molar-refractivity contribution in [2.45, 2.75) is 31.7 Å². The van der Waals surface area contributed by atoms with Gasteiger partial charge in [-0.15, -0.1) is 0 Å². The maximum absolute atomic E-state index is 13.7. The molecule has 3 aliphatic rings. The zero-order chi connectivity index (χ0) is 22.4. The van der Waals surface area contributed by atoms with Crippen molar-refractivity contribution in [3.05, 3.63) is 66.4 Å². The molecular formula is C27H29N3O3. The molecule has 1 unspecified atom stereocenters. The molecule has 1 aromatic heterocycles. The lowest BCUT2D eigenvalue weighted by molar-refractivity contribution is -0.120. The van der Waals surface area contributed by atoms with Crippen molar-refractivity contribution in [2.24, 2.45) is 11.3 Å². The van der Waals surface area contributed by atoms with Crippen LogP contribution in [0.25, 0.3) is 16.9 Å². The summed E-state index contributed by atoms with van der Waals surface area (Å²) in [5.41, 5.74) is 3.59. The summed E-state index contributed by atoms with van der Waals surface area (Å²) in [4.78, 5) is 15.8. The van der Waals surface area contributed by atoms with Crippen molar-refractivity contribution < 1.29 is 14.3 Å². The van der Waals surface area contributed by atoms with Crippen LogP contribution in [0, 0.1) is 11.3 Å². The van der Waals surface area contributed by atoms with E-state index in [2.05, 4.69) is 4.90 Å². The summed E-state index contributed by atoms with van der Waals surface area (Å²) >= 11 is 0. The molecule has 2 aromatic carbocycles. The van der Waals surface area contributed by atoms with Gasteiger partial charge in [0, 0.05) is 36.8 Å². The molecule has 0 N–H and O–H groups in total. The highest BCUT2D eigenvalue weighted by atomic mass is 16.5. The predicted octanol–water partition coefficient (Wildman–Crippen LogP) is 4.58. The zero-order valence-corrected chi connectivity index (χ0v) is 18.9. The Hall–Kier alpha value is -3.12. The number of nitrogens with zero attached hydrogens (tertiary/aromatic N) is 3. The average Bonchev–Trinajstić information content (AvgIpc) is 3.58. The minimum absolute atomic E-state index is 0.0495. The van der Waals surface area contributed by atoms with Crippen molar-refractivity contribution in [3.63, 3.8) is 0 Å². The fourth-order valence-electron chi connectivity index (χ4n) is 5.71. The Morgan fingerprint density at radius 1 is 1.06 bits per heavy atom. The Morgan fingerprint density at radius 2 is 1.79 bits per heavy atom. The third-order valence-corrected chi connectivity index (χ3v) is 7.58. The van der Waals surface area contributed by atoms with E-state index >= 15 is 0 Å². The van der Waals surface area contributed by atoms with Crippen molar-refractivity contribution in [2.75, 3.05) is 26.9 Å². The molecule has 33 heavy (non-hydrogen) atoms. The fraction of sp³-hybridized carbons (Fsp3) is 0.407. The minimum Gasteiger partial charge on any atom is -0.497 e. The fourth-order valence-corrected chi connectivity index (χ4v) is 5.71. The summed E-state index contributed by atoms with van der Waals surface area (Å²) in [5.74, 6) is 1.49. The molecule has 1 atom stereocenters. The lowest BCUT2D eigenvalue weighted by Gasteiger charge is -2.59. The molecule has 6 heteroatoms. The molecule has 0 radical (unpaired) electrons. The van der Waals surface area contributed by atoms with Gasteiger partial charge in [-0.3, -0.25) is 4.79 Å². The molecule has 3 fully saturated rings. The van der Waals surface area contributed by atoms with Crippen LogP contribution in [-0.2, 0) is 4.74 Å². The van der Waals surface area contributed by atoms with Gasteiger partial charge in [0.25, 0.3) is 5.91 Å². The van der Waals surface area contributed by atoms with Crippen LogP contribution in [0.4, 0.5) is 0 Å². The Bertz CT molecular complexity index is 1150. The van der Waals surface area contributed by atoms with E-state index in [-0.39, 0.29) is 11.3 Å². The number of amides is 1. The number of hydrogen-bond donors (Lipinski definition) is 0. The van der Waals surface area contributed by atoms with Gasteiger partial charge in [0.05, 0.1) is 18.5 Å².